The van der Waals surface area contributed by atoms with Crippen LogP contribution in [-0.4, -0.2) is 71.0 Å². The van der Waals surface area contributed by atoms with Crippen LogP contribution in [0.2, 0.25) is 0 Å². The van der Waals surface area contributed by atoms with Crippen molar-refractivity contribution in [2.75, 3.05) is 17.1 Å². The van der Waals surface area contributed by atoms with Crippen LogP contribution in [0.25, 0.3) is 55.7 Å². The number of aromatic nitrogens is 6. The van der Waals surface area contributed by atoms with Gasteiger partial charge in [-0.2, -0.15) is 0 Å². The molecule has 8 aromatic rings. The molecular formula is C43H43N9O7S. The normalized spacial score (nSPS) is 13.5. The number of phenols is 4. The number of benzene rings is 4. The molecular weight excluding hydrogens is 787 g/mol. The number of aliphatic hydroxyl groups excluding tert-OH is 1. The van der Waals surface area contributed by atoms with Gasteiger partial charge in [0.1, 0.15) is 27.1 Å². The van der Waals surface area contributed by atoms with Gasteiger partial charge in [-0.05, 0) is 97.4 Å². The van der Waals surface area contributed by atoms with E-state index in [9.17, 15) is 29.7 Å². The van der Waals surface area contributed by atoms with Gasteiger partial charge in [0.15, 0.2) is 17.4 Å². The number of hydrogen-bond donors (Lipinski definition) is 8. The first-order valence-corrected chi connectivity index (χ1v) is 20.4. The zero-order valence-corrected chi connectivity index (χ0v) is 33.7. The molecule has 0 radical (unpaired) electrons. The van der Waals surface area contributed by atoms with Gasteiger partial charge in [-0.15, -0.1) is 0 Å². The second-order valence-electron chi connectivity index (χ2n) is 14.6. The molecule has 4 aromatic heterocycles. The van der Waals surface area contributed by atoms with Crippen LogP contribution < -0.4 is 19.9 Å². The van der Waals surface area contributed by atoms with Gasteiger partial charge in [0.2, 0.25) is 11.9 Å². The van der Waals surface area contributed by atoms with Gasteiger partial charge in [-0.3, -0.25) is 19.2 Å². The summed E-state index contributed by atoms with van der Waals surface area (Å²) in [4.78, 5) is 8.69. The number of methoxy groups -OCH3 is 1. The molecule has 1 fully saturated rings. The fraction of sp³-hybridized carbons (Fsp3) is 0.140. The molecule has 60 heavy (non-hydrogen) atoms. The zero-order valence-electron chi connectivity index (χ0n) is 32.9. The molecule has 4 heterocycles. The average Bonchev–Trinajstić information content (AvgIpc) is 3.44. The lowest BCUT2D eigenvalue weighted by molar-refractivity contribution is 0.370. The summed E-state index contributed by atoms with van der Waals surface area (Å²) < 4.78 is 27.4. The van der Waals surface area contributed by atoms with Crippen LogP contribution in [0.1, 0.15) is 24.3 Å². The molecule has 0 amide bonds. The maximum Gasteiger partial charge on any atom is 0.220 e. The van der Waals surface area contributed by atoms with Crippen molar-refractivity contribution in [3.05, 3.63) is 116 Å². The molecule has 1 atom stereocenters. The number of ether oxygens (including phenoxy) is 1. The molecule has 17 heteroatoms. The SMILES string of the molecule is C=C(O)Nc1ncc(-c2cc(C3CC3)c(O)cc2O)n1-c1ccc2c(ccn2C)c1.C=S(N)(=O)Nc1ncc(-c2cc(OC)c(O)cc2O)n1-c1ccc2c(ccn2C)c1. The predicted molar refractivity (Wildman–Crippen MR) is 235 cm³/mol. The van der Waals surface area contributed by atoms with E-state index >= 15 is 0 Å². The Morgan fingerprint density at radius 1 is 0.767 bits per heavy atom. The minimum Gasteiger partial charge on any atom is -0.508 e. The number of imidazole rings is 2. The maximum absolute atomic E-state index is 12.1. The number of anilines is 2. The van der Waals surface area contributed by atoms with Crippen LogP contribution in [-0.2, 0) is 24.0 Å². The van der Waals surface area contributed by atoms with E-state index < -0.39 is 9.89 Å². The Hall–Kier alpha value is -7.50. The number of hydrogen-bond acceptors (Lipinski definition) is 10. The summed E-state index contributed by atoms with van der Waals surface area (Å²) in [5.74, 6) is 3.95. The van der Waals surface area contributed by atoms with Crippen molar-refractivity contribution in [1.29, 1.82) is 0 Å². The molecule has 9 N–H and O–H groups in total. The summed E-state index contributed by atoms with van der Waals surface area (Å²) in [5.41, 5.74) is 6.46. The molecule has 1 unspecified atom stereocenters. The Morgan fingerprint density at radius 2 is 1.28 bits per heavy atom. The van der Waals surface area contributed by atoms with Gasteiger partial charge in [-0.1, -0.05) is 0 Å². The number of nitrogens with zero attached hydrogens (tertiary/aromatic N) is 6. The van der Waals surface area contributed by atoms with Crippen molar-refractivity contribution in [2.45, 2.75) is 18.8 Å². The fourth-order valence-electron chi connectivity index (χ4n) is 7.31. The first kappa shape index (κ1) is 39.3. The first-order chi connectivity index (χ1) is 28.6. The molecule has 308 valence electrons. The van der Waals surface area contributed by atoms with Gasteiger partial charge in [0.05, 0.1) is 30.9 Å². The summed E-state index contributed by atoms with van der Waals surface area (Å²) in [6.07, 6.45) is 9.11. The molecule has 0 spiro atoms. The molecule has 1 aliphatic rings. The molecule has 1 aliphatic carbocycles. The first-order valence-electron chi connectivity index (χ1n) is 18.6. The highest BCUT2D eigenvalue weighted by molar-refractivity contribution is 7.99. The highest BCUT2D eigenvalue weighted by Crippen LogP contribution is 2.48. The monoisotopic (exact) mass is 829 g/mol. The van der Waals surface area contributed by atoms with Crippen LogP contribution in [0.4, 0.5) is 11.9 Å². The van der Waals surface area contributed by atoms with Crippen molar-refractivity contribution in [3.63, 3.8) is 0 Å². The summed E-state index contributed by atoms with van der Waals surface area (Å²) in [7, 11) is 2.24. The average molecular weight is 830 g/mol. The van der Waals surface area contributed by atoms with Crippen molar-refractivity contribution < 1.29 is 34.5 Å². The third-order valence-electron chi connectivity index (χ3n) is 10.3. The lowest BCUT2D eigenvalue weighted by Crippen LogP contribution is -2.23. The van der Waals surface area contributed by atoms with E-state index in [4.69, 9.17) is 9.88 Å². The molecule has 1 saturated carbocycles. The summed E-state index contributed by atoms with van der Waals surface area (Å²) in [6, 6.07) is 21.6. The van der Waals surface area contributed by atoms with Crippen LogP contribution in [0, 0.1) is 0 Å². The number of aryl methyl sites for hydroxylation is 2. The Morgan fingerprint density at radius 3 is 1.80 bits per heavy atom. The standard InChI is InChI=1S/C23H22N4O3.C20H21N5O4S/c1-13(28)25-23-24-12-20(18-10-17(14-3-4-14)21(29)11-22(18)30)27(23)16-5-6-19-15(9-16)7-8-26(19)2;1-24-7-6-12-8-13(4-5-15(12)24)25-16(11-22-20(25)23-30(3,21)28)14-9-19(29-2)18(27)10-17(14)26/h5-12,14,28-30H,1,3-4H2,2H3,(H,24,25);4-11,26-27H,3H2,1-2H3,(H3,21,22,23,28). The van der Waals surface area contributed by atoms with Crippen molar-refractivity contribution in [1.82, 2.24) is 28.2 Å². The van der Waals surface area contributed by atoms with Crippen LogP contribution in [0.3, 0.4) is 0 Å². The number of nitrogens with one attached hydrogen (secondary N) is 2. The van der Waals surface area contributed by atoms with Crippen molar-refractivity contribution in [3.8, 4) is 62.6 Å². The number of aliphatic hydroxyl groups is 1. The number of rotatable bonds is 10. The lowest BCUT2D eigenvalue weighted by Gasteiger charge is -2.16. The Balaban J connectivity index is 0.000000166. The summed E-state index contributed by atoms with van der Waals surface area (Å²) >= 11 is 0. The van der Waals surface area contributed by atoms with E-state index in [0.29, 0.717) is 40.1 Å². The van der Waals surface area contributed by atoms with Gasteiger partial charge in [0, 0.05) is 82.9 Å². The Bertz CT molecular complexity index is 3080. The van der Waals surface area contributed by atoms with Crippen LogP contribution in [0.5, 0.6) is 28.7 Å². The molecule has 9 rings (SSSR count). The minimum absolute atomic E-state index is 0.0341. The van der Waals surface area contributed by atoms with Gasteiger partial charge < -0.3 is 39.4 Å². The second kappa shape index (κ2) is 15.0. The van der Waals surface area contributed by atoms with Gasteiger partial charge >= 0.3 is 0 Å². The smallest absolute Gasteiger partial charge is 0.220 e. The molecule has 16 nitrogen and oxygen atoms in total. The second-order valence-corrected chi connectivity index (χ2v) is 16.2. The number of nitrogens with two attached hydrogens (primary N) is 1. The largest absolute Gasteiger partial charge is 0.508 e. The van der Waals surface area contributed by atoms with Crippen LogP contribution >= 0.6 is 0 Å². The fourth-order valence-corrected chi connectivity index (χ4v) is 7.77. The Labute approximate surface area is 344 Å². The van der Waals surface area contributed by atoms with Crippen molar-refractivity contribution >= 4 is 49.5 Å². The Kier molecular flexibility index (Phi) is 9.85. The topological polar surface area (TPSA) is 223 Å². The highest BCUT2D eigenvalue weighted by Gasteiger charge is 2.29. The predicted octanol–water partition coefficient (Wildman–Crippen LogP) is 7.13. The van der Waals surface area contributed by atoms with Crippen LogP contribution in [0.15, 0.2) is 110 Å². The summed E-state index contributed by atoms with van der Waals surface area (Å²) in [6.45, 7) is 3.50. The number of fused-ring (bicyclic) bond motifs is 2. The molecule has 4 aromatic carbocycles. The maximum atomic E-state index is 12.1. The van der Waals surface area contributed by atoms with E-state index in [2.05, 4.69) is 32.5 Å². The number of phenolic OH excluding ortho intramolecular Hbond substituents is 4. The van der Waals surface area contributed by atoms with Gasteiger partial charge in [0.25, 0.3) is 0 Å². The van der Waals surface area contributed by atoms with Crippen molar-refractivity contribution in [2.24, 2.45) is 19.2 Å². The highest BCUT2D eigenvalue weighted by atomic mass is 32.2. The van der Waals surface area contributed by atoms with E-state index in [1.54, 1.807) is 10.8 Å². The van der Waals surface area contributed by atoms with E-state index in [-0.39, 0.29) is 40.6 Å². The quantitative estimate of drug-likeness (QED) is 0.0514. The third-order valence-corrected chi connectivity index (χ3v) is 10.8. The zero-order chi connectivity index (χ0) is 42.6. The molecule has 0 bridgehead atoms. The third kappa shape index (κ3) is 7.49. The lowest BCUT2D eigenvalue weighted by atomic mass is 10.0. The van der Waals surface area contributed by atoms with E-state index in [1.165, 1.54) is 31.5 Å². The molecule has 0 saturated heterocycles. The summed E-state index contributed by atoms with van der Waals surface area (Å²) in [5, 5.41) is 61.4. The number of aromatic hydroxyl groups is 4. The van der Waals surface area contributed by atoms with E-state index in [1.807, 2.05) is 94.8 Å². The van der Waals surface area contributed by atoms with Gasteiger partial charge in [-0.25, -0.2) is 19.3 Å². The van der Waals surface area contributed by atoms with E-state index in [0.717, 1.165) is 45.9 Å². The minimum atomic E-state index is -3.11. The molecule has 0 aliphatic heterocycles.